The molecule has 0 unspecified atom stereocenters. The lowest BCUT2D eigenvalue weighted by Gasteiger charge is -1.96. The lowest BCUT2D eigenvalue weighted by atomic mass is 10.1. The largest absolute Gasteiger partial charge is 0.306 e. The molecule has 1 aromatic carbocycles. The number of pyridine rings is 1. The highest BCUT2D eigenvalue weighted by atomic mass is 15.1. The van der Waals surface area contributed by atoms with E-state index >= 15 is 0 Å². The summed E-state index contributed by atoms with van der Waals surface area (Å²) in [6.45, 7) is 2.04. The summed E-state index contributed by atoms with van der Waals surface area (Å²) in [6.07, 6.45) is 3.98. The van der Waals surface area contributed by atoms with Crippen molar-refractivity contribution in [2.45, 2.75) is 6.92 Å². The van der Waals surface area contributed by atoms with Gasteiger partial charge in [-0.1, -0.05) is 29.4 Å². The molecule has 5 heteroatoms. The van der Waals surface area contributed by atoms with Crippen molar-refractivity contribution in [3.8, 4) is 11.3 Å². The number of fused-ring (bicyclic) bond motifs is 1. The van der Waals surface area contributed by atoms with Crippen LogP contribution in [0.3, 0.4) is 0 Å². The van der Waals surface area contributed by atoms with E-state index in [9.17, 15) is 0 Å². The van der Waals surface area contributed by atoms with E-state index in [4.69, 9.17) is 5.53 Å². The van der Waals surface area contributed by atoms with Crippen LogP contribution in [-0.2, 0) is 0 Å². The molecule has 5 nitrogen and oxygen atoms in total. The van der Waals surface area contributed by atoms with Gasteiger partial charge in [-0.25, -0.2) is 4.98 Å². The minimum Gasteiger partial charge on any atom is -0.306 e. The Hall–Kier alpha value is -2.78. The minimum atomic E-state index is 0.603. The number of aromatic nitrogens is 2. The fourth-order valence-electron chi connectivity index (χ4n) is 1.97. The van der Waals surface area contributed by atoms with E-state index in [-0.39, 0.29) is 0 Å². The SMILES string of the molecule is Cc1ccn2cc(-c3ccc(N=[N+]=[N-])cc3)nc2c1. The summed E-state index contributed by atoms with van der Waals surface area (Å²) in [5, 5.41) is 3.55. The van der Waals surface area contributed by atoms with Crippen molar-refractivity contribution < 1.29 is 0 Å². The molecule has 0 N–H and O–H groups in total. The van der Waals surface area contributed by atoms with E-state index in [1.807, 2.05) is 48.0 Å². The molecule has 0 saturated carbocycles. The Morgan fingerprint density at radius 1 is 1.21 bits per heavy atom. The zero-order valence-corrected chi connectivity index (χ0v) is 10.4. The Labute approximate surface area is 109 Å². The average molecular weight is 249 g/mol. The molecule has 0 fully saturated rings. The number of benzene rings is 1. The van der Waals surface area contributed by atoms with Gasteiger partial charge in [0, 0.05) is 28.6 Å². The summed E-state index contributed by atoms with van der Waals surface area (Å²) in [5.41, 5.74) is 13.0. The quantitative estimate of drug-likeness (QED) is 0.380. The van der Waals surface area contributed by atoms with E-state index in [2.05, 4.69) is 15.0 Å². The van der Waals surface area contributed by atoms with Crippen LogP contribution in [0.4, 0.5) is 5.69 Å². The number of hydrogen-bond acceptors (Lipinski definition) is 2. The third kappa shape index (κ3) is 2.14. The molecule has 0 aliphatic heterocycles. The highest BCUT2D eigenvalue weighted by Gasteiger charge is 2.04. The number of aryl methyl sites for hydroxylation is 1. The Kier molecular flexibility index (Phi) is 2.67. The van der Waals surface area contributed by atoms with Gasteiger partial charge in [0.05, 0.1) is 5.69 Å². The van der Waals surface area contributed by atoms with Gasteiger partial charge in [0.15, 0.2) is 0 Å². The molecule has 0 spiro atoms. The number of hydrogen-bond donors (Lipinski definition) is 0. The predicted octanol–water partition coefficient (Wildman–Crippen LogP) is 4.25. The van der Waals surface area contributed by atoms with Gasteiger partial charge in [-0.15, -0.1) is 0 Å². The molecule has 2 heterocycles. The minimum absolute atomic E-state index is 0.603. The molecule has 0 aliphatic carbocycles. The standard InChI is InChI=1S/C14H11N5/c1-10-6-7-19-9-13(16-14(19)8-10)11-2-4-12(5-3-11)17-18-15/h2-9H,1H3. The van der Waals surface area contributed by atoms with Crippen LogP contribution in [-0.4, -0.2) is 9.38 Å². The van der Waals surface area contributed by atoms with E-state index < -0.39 is 0 Å². The van der Waals surface area contributed by atoms with Crippen molar-refractivity contribution in [3.05, 3.63) is 64.8 Å². The van der Waals surface area contributed by atoms with Crippen LogP contribution in [0.15, 0.2) is 53.9 Å². The molecule has 92 valence electrons. The van der Waals surface area contributed by atoms with Gasteiger partial charge in [-0.05, 0) is 30.2 Å². The Bertz CT molecular complexity index is 779. The summed E-state index contributed by atoms with van der Waals surface area (Å²) in [7, 11) is 0. The second-order valence-corrected chi connectivity index (χ2v) is 4.33. The van der Waals surface area contributed by atoms with E-state index in [1.54, 1.807) is 12.1 Å². The zero-order chi connectivity index (χ0) is 13.2. The van der Waals surface area contributed by atoms with Crippen molar-refractivity contribution >= 4 is 11.3 Å². The van der Waals surface area contributed by atoms with Gasteiger partial charge in [-0.3, -0.25) is 0 Å². The average Bonchev–Trinajstić information content (AvgIpc) is 2.83. The Balaban J connectivity index is 2.05. The molecule has 0 atom stereocenters. The van der Waals surface area contributed by atoms with Crippen LogP contribution in [0, 0.1) is 6.92 Å². The lowest BCUT2D eigenvalue weighted by Crippen LogP contribution is -1.81. The molecule has 0 aliphatic rings. The summed E-state index contributed by atoms with van der Waals surface area (Å²) < 4.78 is 1.99. The third-order valence-corrected chi connectivity index (χ3v) is 2.94. The van der Waals surface area contributed by atoms with Crippen LogP contribution in [0.5, 0.6) is 0 Å². The Morgan fingerprint density at radius 3 is 2.74 bits per heavy atom. The highest BCUT2D eigenvalue weighted by molar-refractivity contribution is 5.64. The molecular formula is C14H11N5. The zero-order valence-electron chi connectivity index (χ0n) is 10.4. The molecule has 19 heavy (non-hydrogen) atoms. The molecule has 3 rings (SSSR count). The number of imidazole rings is 1. The number of nitrogens with zero attached hydrogens (tertiary/aromatic N) is 5. The van der Waals surface area contributed by atoms with E-state index in [1.165, 1.54) is 5.56 Å². The molecule has 3 aromatic rings. The van der Waals surface area contributed by atoms with Crippen molar-refractivity contribution in [2.24, 2.45) is 5.11 Å². The van der Waals surface area contributed by atoms with Crippen LogP contribution in [0.25, 0.3) is 27.3 Å². The van der Waals surface area contributed by atoms with Gasteiger partial charge in [0.25, 0.3) is 0 Å². The summed E-state index contributed by atoms with van der Waals surface area (Å²) in [6, 6.07) is 11.5. The third-order valence-electron chi connectivity index (χ3n) is 2.94. The topological polar surface area (TPSA) is 66.1 Å². The molecule has 0 saturated heterocycles. The molecular weight excluding hydrogens is 238 g/mol. The smallest absolute Gasteiger partial charge is 0.137 e. The van der Waals surface area contributed by atoms with Gasteiger partial charge in [0.2, 0.25) is 0 Å². The summed E-state index contributed by atoms with van der Waals surface area (Å²) in [5.74, 6) is 0. The molecule has 0 amide bonds. The van der Waals surface area contributed by atoms with Crippen LogP contribution < -0.4 is 0 Å². The normalized spacial score (nSPS) is 10.4. The second-order valence-electron chi connectivity index (χ2n) is 4.33. The highest BCUT2D eigenvalue weighted by Crippen LogP contribution is 2.22. The fourth-order valence-corrected chi connectivity index (χ4v) is 1.97. The second kappa shape index (κ2) is 4.48. The first-order valence-corrected chi connectivity index (χ1v) is 5.87. The summed E-state index contributed by atoms with van der Waals surface area (Å²) in [4.78, 5) is 7.34. The van der Waals surface area contributed by atoms with Crippen molar-refractivity contribution in [3.63, 3.8) is 0 Å². The lowest BCUT2D eigenvalue weighted by molar-refractivity contribution is 1.17. The van der Waals surface area contributed by atoms with Gasteiger partial charge in [0.1, 0.15) is 5.65 Å². The molecule has 0 bridgehead atoms. The van der Waals surface area contributed by atoms with Crippen LogP contribution in [0.2, 0.25) is 0 Å². The first kappa shape index (κ1) is 11.3. The predicted molar refractivity (Wildman–Crippen MR) is 74.2 cm³/mol. The first-order valence-electron chi connectivity index (χ1n) is 5.87. The van der Waals surface area contributed by atoms with Crippen LogP contribution >= 0.6 is 0 Å². The fraction of sp³-hybridized carbons (Fsp3) is 0.0714. The Morgan fingerprint density at radius 2 is 2.00 bits per heavy atom. The monoisotopic (exact) mass is 249 g/mol. The van der Waals surface area contributed by atoms with Gasteiger partial charge in [-0.2, -0.15) is 0 Å². The van der Waals surface area contributed by atoms with Crippen molar-refractivity contribution in [1.29, 1.82) is 0 Å². The molecule has 0 radical (unpaired) electrons. The van der Waals surface area contributed by atoms with Gasteiger partial charge >= 0.3 is 0 Å². The van der Waals surface area contributed by atoms with E-state index in [0.717, 1.165) is 16.9 Å². The maximum Gasteiger partial charge on any atom is 0.137 e. The van der Waals surface area contributed by atoms with Gasteiger partial charge < -0.3 is 4.40 Å². The van der Waals surface area contributed by atoms with Crippen molar-refractivity contribution in [2.75, 3.05) is 0 Å². The number of azide groups is 1. The molecule has 2 aromatic heterocycles. The maximum atomic E-state index is 8.37. The number of rotatable bonds is 2. The van der Waals surface area contributed by atoms with Crippen molar-refractivity contribution in [1.82, 2.24) is 9.38 Å². The first-order chi connectivity index (χ1) is 9.26. The maximum absolute atomic E-state index is 8.37. The summed E-state index contributed by atoms with van der Waals surface area (Å²) >= 11 is 0. The van der Waals surface area contributed by atoms with E-state index in [0.29, 0.717) is 5.69 Å². The van der Waals surface area contributed by atoms with Crippen LogP contribution in [0.1, 0.15) is 5.56 Å².